The Labute approximate surface area is 196 Å². The molecule has 0 saturated carbocycles. The zero-order valence-corrected chi connectivity index (χ0v) is 18.7. The van der Waals surface area contributed by atoms with E-state index in [0.717, 1.165) is 27.6 Å². The second-order valence-corrected chi connectivity index (χ2v) is 8.29. The molecule has 0 radical (unpaired) electrons. The van der Waals surface area contributed by atoms with Gasteiger partial charge in [0.1, 0.15) is 11.4 Å². The highest BCUT2D eigenvalue weighted by atomic mass is 16.7. The number of ether oxygens (including phenoxy) is 2. The average Bonchev–Trinajstić information content (AvgIpc) is 3.49. The predicted molar refractivity (Wildman–Crippen MR) is 127 cm³/mol. The highest BCUT2D eigenvalue weighted by Crippen LogP contribution is 2.36. The number of carbonyl (C=O) groups excluding carboxylic acids is 1. The molecule has 0 unspecified atom stereocenters. The van der Waals surface area contributed by atoms with Gasteiger partial charge < -0.3 is 29.3 Å². The van der Waals surface area contributed by atoms with Gasteiger partial charge in [-0.15, -0.1) is 0 Å². The molecule has 4 aromatic rings. The topological polar surface area (TPSA) is 110 Å². The van der Waals surface area contributed by atoms with E-state index in [2.05, 4.69) is 15.3 Å². The number of aromatic amines is 1. The zero-order valence-electron chi connectivity index (χ0n) is 18.7. The Morgan fingerprint density at radius 1 is 1.18 bits per heavy atom. The van der Waals surface area contributed by atoms with Crippen LogP contribution in [-0.4, -0.2) is 40.5 Å². The number of aromatic nitrogens is 2. The predicted octanol–water partition coefficient (Wildman–Crippen LogP) is 4.13. The number of carbonyl (C=O) groups is 1. The number of imidazole rings is 1. The lowest BCUT2D eigenvalue weighted by Crippen LogP contribution is -2.33. The van der Waals surface area contributed by atoms with Crippen molar-refractivity contribution in [1.29, 1.82) is 0 Å². The Hall–Kier alpha value is -3.62. The van der Waals surface area contributed by atoms with E-state index in [1.165, 1.54) is 0 Å². The molecule has 3 heterocycles. The Kier molecular flexibility index (Phi) is 6.60. The number of unbranched alkanes of at least 4 members (excludes halogenated alkanes) is 1. The maximum absolute atomic E-state index is 13.0. The second-order valence-electron chi connectivity index (χ2n) is 8.29. The van der Waals surface area contributed by atoms with Gasteiger partial charge in [-0.3, -0.25) is 4.79 Å². The molecule has 34 heavy (non-hydrogen) atoms. The second kappa shape index (κ2) is 10.1. The number of benzene rings is 2. The number of allylic oxidation sites excluding steroid dienone is 1. The summed E-state index contributed by atoms with van der Waals surface area (Å²) in [5, 5.41) is 12.9. The number of fused-ring (bicyclic) bond motifs is 2. The van der Waals surface area contributed by atoms with E-state index in [9.17, 15) is 4.79 Å². The van der Waals surface area contributed by atoms with Gasteiger partial charge in [0.2, 0.25) is 6.29 Å². The highest BCUT2D eigenvalue weighted by molar-refractivity contribution is 5.92. The number of para-hydroxylation sites is 3. The number of nitrogens with zero attached hydrogens (tertiary/aromatic N) is 1. The van der Waals surface area contributed by atoms with Gasteiger partial charge in [-0.25, -0.2) is 4.98 Å². The molecule has 5 rings (SSSR count). The smallest absolute Gasteiger partial charge is 0.286 e. The van der Waals surface area contributed by atoms with Crippen LogP contribution in [0.15, 0.2) is 71.0 Å². The molecular weight excluding hydrogens is 434 g/mol. The van der Waals surface area contributed by atoms with Crippen molar-refractivity contribution < 1.29 is 23.8 Å². The molecule has 0 aliphatic carbocycles. The van der Waals surface area contributed by atoms with Gasteiger partial charge in [-0.2, -0.15) is 0 Å². The van der Waals surface area contributed by atoms with Crippen LogP contribution in [0.1, 0.15) is 36.6 Å². The van der Waals surface area contributed by atoms with Crippen LogP contribution in [0.2, 0.25) is 0 Å². The molecule has 8 heteroatoms. The van der Waals surface area contributed by atoms with Gasteiger partial charge in [-0.1, -0.05) is 30.3 Å². The number of aliphatic hydroxyl groups excluding tert-OH is 1. The summed E-state index contributed by atoms with van der Waals surface area (Å²) < 4.78 is 17.6. The van der Waals surface area contributed by atoms with Crippen molar-refractivity contribution in [2.75, 3.05) is 13.2 Å². The van der Waals surface area contributed by atoms with E-state index >= 15 is 0 Å². The van der Waals surface area contributed by atoms with Gasteiger partial charge in [0.05, 0.1) is 30.4 Å². The largest absolute Gasteiger partial charge is 0.464 e. The standard InChI is InChI=1S/C26H27N3O5/c30-11-5-6-12-32-25-14-17(19-16-33-22-10-4-1-7-18(19)22)13-23(34-25)26(31)27-15-24-28-20-8-2-3-9-21(20)29-24/h1-4,7-10,13,16-17,25,30H,5-6,11-12,14-15H2,(H,27,31)(H,28,29)/t17-,25+/m0/s1. The van der Waals surface area contributed by atoms with E-state index in [1.54, 1.807) is 6.26 Å². The van der Waals surface area contributed by atoms with Crippen molar-refractivity contribution in [1.82, 2.24) is 15.3 Å². The molecule has 2 aromatic carbocycles. The average molecular weight is 462 g/mol. The summed E-state index contributed by atoms with van der Waals surface area (Å²) in [7, 11) is 0. The summed E-state index contributed by atoms with van der Waals surface area (Å²) in [6, 6.07) is 15.5. The minimum absolute atomic E-state index is 0.104. The van der Waals surface area contributed by atoms with Crippen LogP contribution in [-0.2, 0) is 20.8 Å². The number of aliphatic hydroxyl groups is 1. The molecule has 2 aromatic heterocycles. The van der Waals surface area contributed by atoms with E-state index in [-0.39, 0.29) is 30.7 Å². The number of H-pyrrole nitrogens is 1. The lowest BCUT2D eigenvalue weighted by atomic mass is 9.92. The third kappa shape index (κ3) is 4.83. The van der Waals surface area contributed by atoms with Crippen LogP contribution >= 0.6 is 0 Å². The maximum atomic E-state index is 13.0. The quantitative estimate of drug-likeness (QED) is 0.323. The molecule has 0 spiro atoms. The van der Waals surface area contributed by atoms with E-state index in [1.807, 2.05) is 54.6 Å². The third-order valence-corrected chi connectivity index (χ3v) is 5.90. The lowest BCUT2D eigenvalue weighted by molar-refractivity contribution is -0.146. The zero-order chi connectivity index (χ0) is 23.3. The minimum atomic E-state index is -0.575. The summed E-state index contributed by atoms with van der Waals surface area (Å²) in [6.07, 6.45) is 4.93. The Balaban J connectivity index is 1.33. The minimum Gasteiger partial charge on any atom is -0.464 e. The Morgan fingerprint density at radius 2 is 2.03 bits per heavy atom. The molecule has 2 atom stereocenters. The van der Waals surface area contributed by atoms with Crippen LogP contribution in [0.25, 0.3) is 22.0 Å². The highest BCUT2D eigenvalue weighted by Gasteiger charge is 2.30. The fourth-order valence-corrected chi connectivity index (χ4v) is 4.19. The number of nitrogens with one attached hydrogen (secondary N) is 2. The SMILES string of the molecule is O=C(NCc1nc2ccccc2[nH]1)C1=C[C@H](c2coc3ccccc23)C[C@H](OCCCCO)O1. The number of furan rings is 1. The van der Waals surface area contributed by atoms with Crippen molar-refractivity contribution in [3.05, 3.63) is 78.0 Å². The van der Waals surface area contributed by atoms with Crippen LogP contribution in [0.3, 0.4) is 0 Å². The fraction of sp³-hybridized carbons (Fsp3) is 0.308. The molecule has 176 valence electrons. The van der Waals surface area contributed by atoms with Crippen molar-refractivity contribution in [3.63, 3.8) is 0 Å². The van der Waals surface area contributed by atoms with Gasteiger partial charge in [0, 0.05) is 29.9 Å². The molecule has 1 aliphatic rings. The van der Waals surface area contributed by atoms with Crippen molar-refractivity contribution in [2.24, 2.45) is 0 Å². The first-order valence-corrected chi connectivity index (χ1v) is 11.5. The lowest BCUT2D eigenvalue weighted by Gasteiger charge is -2.29. The number of hydrogen-bond donors (Lipinski definition) is 3. The van der Waals surface area contributed by atoms with E-state index in [4.69, 9.17) is 19.0 Å². The van der Waals surface area contributed by atoms with Crippen LogP contribution in [0, 0.1) is 0 Å². The van der Waals surface area contributed by atoms with Crippen LogP contribution in [0.4, 0.5) is 0 Å². The Morgan fingerprint density at radius 3 is 2.91 bits per heavy atom. The van der Waals surface area contributed by atoms with Crippen LogP contribution in [0.5, 0.6) is 0 Å². The molecule has 3 N–H and O–H groups in total. The van der Waals surface area contributed by atoms with Gasteiger partial charge >= 0.3 is 0 Å². The van der Waals surface area contributed by atoms with E-state index in [0.29, 0.717) is 31.7 Å². The number of hydrogen-bond acceptors (Lipinski definition) is 6. The van der Waals surface area contributed by atoms with Crippen LogP contribution < -0.4 is 5.32 Å². The first-order chi connectivity index (χ1) is 16.7. The number of rotatable bonds is 9. The van der Waals surface area contributed by atoms with Gasteiger partial charge in [-0.05, 0) is 37.1 Å². The first kappa shape index (κ1) is 22.2. The molecule has 0 fully saturated rings. The summed E-state index contributed by atoms with van der Waals surface area (Å²) in [5.41, 5.74) is 3.56. The van der Waals surface area contributed by atoms with E-state index < -0.39 is 6.29 Å². The molecule has 0 saturated heterocycles. The monoisotopic (exact) mass is 461 g/mol. The molecular formula is C26H27N3O5. The summed E-state index contributed by atoms with van der Waals surface area (Å²) in [4.78, 5) is 20.7. The molecule has 0 bridgehead atoms. The summed E-state index contributed by atoms with van der Waals surface area (Å²) in [5.74, 6) is 0.444. The van der Waals surface area contributed by atoms with Gasteiger partial charge in [0.15, 0.2) is 5.76 Å². The Bertz CT molecular complexity index is 1280. The number of amides is 1. The van der Waals surface area contributed by atoms with Crippen molar-refractivity contribution >= 4 is 27.9 Å². The van der Waals surface area contributed by atoms with Gasteiger partial charge in [0.25, 0.3) is 5.91 Å². The molecule has 8 nitrogen and oxygen atoms in total. The fourth-order valence-electron chi connectivity index (χ4n) is 4.19. The summed E-state index contributed by atoms with van der Waals surface area (Å²) in [6.45, 7) is 0.807. The molecule has 1 aliphatic heterocycles. The van der Waals surface area contributed by atoms with Crippen molar-refractivity contribution in [3.8, 4) is 0 Å². The maximum Gasteiger partial charge on any atom is 0.286 e. The first-order valence-electron chi connectivity index (χ1n) is 11.5. The molecule has 1 amide bonds. The summed E-state index contributed by atoms with van der Waals surface area (Å²) >= 11 is 0. The van der Waals surface area contributed by atoms with Crippen molar-refractivity contribution in [2.45, 2.75) is 38.0 Å². The third-order valence-electron chi connectivity index (χ3n) is 5.90. The normalized spacial score (nSPS) is 18.1.